The number of hydrogen-bond acceptors (Lipinski definition) is 6. The van der Waals surface area contributed by atoms with E-state index in [1.165, 1.54) is 0 Å². The summed E-state index contributed by atoms with van der Waals surface area (Å²) in [7, 11) is 0. The number of rotatable bonds is 4. The fourth-order valence-corrected chi connectivity index (χ4v) is 3.89. The molecule has 2 N–H and O–H groups in total. The van der Waals surface area contributed by atoms with Gasteiger partial charge in [0.2, 0.25) is 0 Å². The third-order valence-corrected chi connectivity index (χ3v) is 5.33. The molecule has 0 radical (unpaired) electrons. The lowest BCUT2D eigenvalue weighted by atomic mass is 9.93. The lowest BCUT2D eigenvalue weighted by Crippen LogP contribution is -2.42. The van der Waals surface area contributed by atoms with E-state index in [0.29, 0.717) is 4.91 Å². The van der Waals surface area contributed by atoms with E-state index in [9.17, 15) is 14.4 Å². The summed E-state index contributed by atoms with van der Waals surface area (Å²) in [6.07, 6.45) is 4.80. The van der Waals surface area contributed by atoms with Crippen molar-refractivity contribution < 1.29 is 23.9 Å². The summed E-state index contributed by atoms with van der Waals surface area (Å²) in [5.74, 6) is 0.396. The highest BCUT2D eigenvalue weighted by Crippen LogP contribution is 2.27. The number of ether oxygens (including phenoxy) is 2. The molecule has 7 nitrogen and oxygen atoms in total. The molecule has 2 fully saturated rings. The van der Waals surface area contributed by atoms with E-state index in [2.05, 4.69) is 10.6 Å². The summed E-state index contributed by atoms with van der Waals surface area (Å²) in [4.78, 5) is 35.1. The van der Waals surface area contributed by atoms with E-state index >= 15 is 0 Å². The Kier molecular flexibility index (Phi) is 6.52. The number of benzene rings is 1. The number of thioether (sulfide) groups is 1. The van der Waals surface area contributed by atoms with Gasteiger partial charge in [-0.1, -0.05) is 12.1 Å². The van der Waals surface area contributed by atoms with Gasteiger partial charge in [0, 0.05) is 6.04 Å². The van der Waals surface area contributed by atoms with Crippen molar-refractivity contribution in [3.63, 3.8) is 0 Å². The van der Waals surface area contributed by atoms with Crippen molar-refractivity contribution in [3.8, 4) is 5.75 Å². The van der Waals surface area contributed by atoms with Crippen LogP contribution in [0.5, 0.6) is 5.75 Å². The predicted octanol–water partition coefficient (Wildman–Crippen LogP) is 4.23. The quantitative estimate of drug-likeness (QED) is 0.711. The Morgan fingerprint density at radius 2 is 1.79 bits per heavy atom. The molecule has 156 valence electrons. The number of hydrogen-bond donors (Lipinski definition) is 2. The van der Waals surface area contributed by atoms with E-state index in [0.717, 1.165) is 48.8 Å². The molecule has 0 unspecified atom stereocenters. The molecule has 0 atom stereocenters. The molecule has 3 amide bonds. The SMILES string of the molecule is CC(C)(C)OC(=O)NC1CCC(Oc2ccc(/C=C3\SC(=O)NC3=O)cc2)CC1. The lowest BCUT2D eigenvalue weighted by Gasteiger charge is -2.30. The van der Waals surface area contributed by atoms with Crippen LogP contribution >= 0.6 is 11.8 Å². The summed E-state index contributed by atoms with van der Waals surface area (Å²) < 4.78 is 11.4. The summed E-state index contributed by atoms with van der Waals surface area (Å²) in [5, 5.41) is 4.81. The van der Waals surface area contributed by atoms with Crippen LogP contribution in [0.3, 0.4) is 0 Å². The first-order valence-electron chi connectivity index (χ1n) is 9.69. The molecule has 1 saturated heterocycles. The third kappa shape index (κ3) is 6.52. The molecule has 1 aromatic carbocycles. The van der Waals surface area contributed by atoms with Gasteiger partial charge in [0.05, 0.1) is 11.0 Å². The highest BCUT2D eigenvalue weighted by molar-refractivity contribution is 8.18. The molecule has 3 rings (SSSR count). The smallest absolute Gasteiger partial charge is 0.407 e. The average molecular weight is 419 g/mol. The van der Waals surface area contributed by atoms with Gasteiger partial charge in [-0.25, -0.2) is 4.79 Å². The van der Waals surface area contributed by atoms with Gasteiger partial charge in [-0.15, -0.1) is 0 Å². The Labute approximate surface area is 174 Å². The van der Waals surface area contributed by atoms with Crippen molar-refractivity contribution in [3.05, 3.63) is 34.7 Å². The van der Waals surface area contributed by atoms with Gasteiger partial charge >= 0.3 is 6.09 Å². The van der Waals surface area contributed by atoms with Gasteiger partial charge in [-0.2, -0.15) is 0 Å². The van der Waals surface area contributed by atoms with Gasteiger partial charge in [-0.3, -0.25) is 14.9 Å². The van der Waals surface area contributed by atoms with Crippen molar-refractivity contribution in [1.29, 1.82) is 0 Å². The molecule has 29 heavy (non-hydrogen) atoms. The van der Waals surface area contributed by atoms with Crippen molar-refractivity contribution in [1.82, 2.24) is 10.6 Å². The van der Waals surface area contributed by atoms with Gasteiger partial charge in [0.15, 0.2) is 0 Å². The van der Waals surface area contributed by atoms with Crippen LogP contribution in [0.15, 0.2) is 29.2 Å². The fraction of sp³-hybridized carbons (Fsp3) is 0.476. The number of carbonyl (C=O) groups excluding carboxylic acids is 3. The van der Waals surface area contributed by atoms with Gasteiger partial charge in [0.25, 0.3) is 11.1 Å². The third-order valence-electron chi connectivity index (χ3n) is 4.52. The zero-order valence-corrected chi connectivity index (χ0v) is 17.6. The van der Waals surface area contributed by atoms with Crippen LogP contribution in [0, 0.1) is 0 Å². The zero-order chi connectivity index (χ0) is 21.0. The zero-order valence-electron chi connectivity index (χ0n) is 16.8. The van der Waals surface area contributed by atoms with Crippen LogP contribution in [-0.2, 0) is 9.53 Å². The minimum atomic E-state index is -0.498. The van der Waals surface area contributed by atoms with Crippen LogP contribution in [-0.4, -0.2) is 35.0 Å². The first kappa shape index (κ1) is 21.2. The molecule has 0 spiro atoms. The second-order valence-corrected chi connectivity index (χ2v) is 9.17. The topological polar surface area (TPSA) is 93.7 Å². The maximum Gasteiger partial charge on any atom is 0.407 e. The van der Waals surface area contributed by atoms with Crippen LogP contribution in [0.1, 0.15) is 52.0 Å². The summed E-state index contributed by atoms with van der Waals surface area (Å²) in [6, 6.07) is 7.54. The second kappa shape index (κ2) is 8.90. The maximum atomic E-state index is 11.9. The maximum absolute atomic E-state index is 11.9. The molecule has 1 aromatic rings. The Morgan fingerprint density at radius 3 is 2.34 bits per heavy atom. The first-order valence-corrected chi connectivity index (χ1v) is 10.5. The fourth-order valence-electron chi connectivity index (χ4n) is 3.21. The molecular weight excluding hydrogens is 392 g/mol. The molecular formula is C21H26N2O5S. The number of carbonyl (C=O) groups is 3. The lowest BCUT2D eigenvalue weighted by molar-refractivity contribution is -0.115. The Bertz CT molecular complexity index is 805. The number of imide groups is 1. The van der Waals surface area contributed by atoms with Gasteiger partial charge < -0.3 is 14.8 Å². The van der Waals surface area contributed by atoms with E-state index in [1.807, 2.05) is 45.0 Å². The van der Waals surface area contributed by atoms with Crippen LogP contribution in [0.2, 0.25) is 0 Å². The largest absolute Gasteiger partial charge is 0.490 e. The molecule has 1 saturated carbocycles. The van der Waals surface area contributed by atoms with Crippen molar-refractivity contribution in [2.45, 2.75) is 64.2 Å². The van der Waals surface area contributed by atoms with Crippen LogP contribution in [0.25, 0.3) is 6.08 Å². The van der Waals surface area contributed by atoms with E-state index in [1.54, 1.807) is 6.08 Å². The summed E-state index contributed by atoms with van der Waals surface area (Å²) >= 11 is 0.900. The monoisotopic (exact) mass is 418 g/mol. The van der Waals surface area contributed by atoms with Crippen molar-refractivity contribution in [2.75, 3.05) is 0 Å². The number of amides is 3. The molecule has 8 heteroatoms. The minimum Gasteiger partial charge on any atom is -0.490 e. The number of alkyl carbamates (subject to hydrolysis) is 1. The molecule has 0 aromatic heterocycles. The summed E-state index contributed by atoms with van der Waals surface area (Å²) in [6.45, 7) is 5.54. The van der Waals surface area contributed by atoms with Crippen molar-refractivity contribution >= 4 is 35.1 Å². The average Bonchev–Trinajstić information content (AvgIpc) is 2.94. The molecule has 1 aliphatic heterocycles. The van der Waals surface area contributed by atoms with Gasteiger partial charge in [0.1, 0.15) is 11.4 Å². The Balaban J connectivity index is 1.46. The Hall–Kier alpha value is -2.48. The van der Waals surface area contributed by atoms with Crippen LogP contribution in [0.4, 0.5) is 9.59 Å². The predicted molar refractivity (Wildman–Crippen MR) is 112 cm³/mol. The summed E-state index contributed by atoms with van der Waals surface area (Å²) in [5.41, 5.74) is 0.331. The highest BCUT2D eigenvalue weighted by atomic mass is 32.2. The standard InChI is InChI=1S/C21H26N2O5S/c1-21(2,3)28-19(25)22-14-6-10-16(11-7-14)27-15-8-4-13(5-9-15)12-17-18(24)23-20(26)29-17/h4-5,8-9,12,14,16H,6-7,10-11H2,1-3H3,(H,22,25)(H,23,24,26)/b17-12-. The van der Waals surface area contributed by atoms with Gasteiger partial charge in [-0.05, 0) is 82.0 Å². The van der Waals surface area contributed by atoms with E-state index in [-0.39, 0.29) is 29.4 Å². The second-order valence-electron chi connectivity index (χ2n) is 8.16. The molecule has 1 aliphatic carbocycles. The van der Waals surface area contributed by atoms with E-state index in [4.69, 9.17) is 9.47 Å². The molecule has 2 aliphatic rings. The molecule has 1 heterocycles. The normalized spacial score (nSPS) is 23.6. The Morgan fingerprint density at radius 1 is 1.14 bits per heavy atom. The highest BCUT2D eigenvalue weighted by Gasteiger charge is 2.26. The molecule has 0 bridgehead atoms. The van der Waals surface area contributed by atoms with Crippen molar-refractivity contribution in [2.24, 2.45) is 0 Å². The van der Waals surface area contributed by atoms with E-state index < -0.39 is 5.60 Å². The first-order chi connectivity index (χ1) is 13.7. The number of nitrogens with one attached hydrogen (secondary N) is 2. The van der Waals surface area contributed by atoms with Crippen LogP contribution < -0.4 is 15.4 Å². The minimum absolute atomic E-state index is 0.102.